The van der Waals surface area contributed by atoms with Crippen molar-refractivity contribution >= 4 is 12.3 Å². The van der Waals surface area contributed by atoms with Gasteiger partial charge in [-0.1, -0.05) is 11.8 Å². The minimum atomic E-state index is -0.858. The van der Waals surface area contributed by atoms with Gasteiger partial charge in [-0.05, 0) is 12.1 Å². The van der Waals surface area contributed by atoms with E-state index in [2.05, 4.69) is 16.6 Å². The first-order valence-corrected chi connectivity index (χ1v) is 4.58. The van der Waals surface area contributed by atoms with Crippen molar-refractivity contribution in [2.75, 3.05) is 7.11 Å². The molecular formula is C12H8F2O3. The molecule has 3 nitrogen and oxygen atoms in total. The second-order valence-corrected chi connectivity index (χ2v) is 3.03. The Morgan fingerprint density at radius 3 is 2.71 bits per heavy atom. The quantitative estimate of drug-likeness (QED) is 0.447. The number of ether oxygens (including phenoxy) is 1. The Morgan fingerprint density at radius 1 is 1.41 bits per heavy atom. The van der Waals surface area contributed by atoms with E-state index in [0.717, 1.165) is 12.1 Å². The molecule has 1 aromatic rings. The average Bonchev–Trinajstić information content (AvgIpc) is 2.32. The SMILES string of the molecule is COC(=O)CC#Cc1cc(F)c(C=O)cc1F. The van der Waals surface area contributed by atoms with Crippen molar-refractivity contribution in [1.29, 1.82) is 0 Å². The maximum atomic E-state index is 13.3. The molecule has 0 fully saturated rings. The Morgan fingerprint density at radius 2 is 2.12 bits per heavy atom. The second-order valence-electron chi connectivity index (χ2n) is 3.03. The maximum absolute atomic E-state index is 13.3. The summed E-state index contributed by atoms with van der Waals surface area (Å²) in [6.07, 6.45) is -0.00291. The van der Waals surface area contributed by atoms with E-state index in [0.29, 0.717) is 0 Å². The van der Waals surface area contributed by atoms with Gasteiger partial charge in [-0.3, -0.25) is 9.59 Å². The molecule has 0 N–H and O–H groups in total. The fourth-order valence-corrected chi connectivity index (χ4v) is 1.03. The van der Waals surface area contributed by atoms with Crippen molar-refractivity contribution < 1.29 is 23.1 Å². The van der Waals surface area contributed by atoms with Crippen molar-refractivity contribution in [1.82, 2.24) is 0 Å². The Balaban J connectivity index is 2.96. The highest BCUT2D eigenvalue weighted by atomic mass is 19.1. The number of halogens is 2. The summed E-state index contributed by atoms with van der Waals surface area (Å²) in [5.41, 5.74) is -0.585. The number of carbonyl (C=O) groups excluding carboxylic acids is 2. The first-order chi connectivity index (χ1) is 8.08. The van der Waals surface area contributed by atoms with Crippen LogP contribution in [-0.2, 0) is 9.53 Å². The van der Waals surface area contributed by atoms with Crippen molar-refractivity contribution in [3.8, 4) is 11.8 Å². The van der Waals surface area contributed by atoms with Crippen molar-refractivity contribution in [3.05, 3.63) is 34.9 Å². The van der Waals surface area contributed by atoms with Crippen LogP contribution in [-0.4, -0.2) is 19.4 Å². The lowest BCUT2D eigenvalue weighted by Gasteiger charge is -1.98. The number of rotatable bonds is 2. The van der Waals surface area contributed by atoms with E-state index in [1.54, 1.807) is 0 Å². The van der Waals surface area contributed by atoms with Gasteiger partial charge in [0.25, 0.3) is 0 Å². The van der Waals surface area contributed by atoms with Crippen LogP contribution in [0.3, 0.4) is 0 Å². The average molecular weight is 238 g/mol. The number of carbonyl (C=O) groups is 2. The van der Waals surface area contributed by atoms with Gasteiger partial charge in [-0.15, -0.1) is 0 Å². The number of benzene rings is 1. The van der Waals surface area contributed by atoms with Crippen LogP contribution in [0.4, 0.5) is 8.78 Å². The van der Waals surface area contributed by atoms with Gasteiger partial charge in [0, 0.05) is 0 Å². The van der Waals surface area contributed by atoms with E-state index in [1.807, 2.05) is 0 Å². The lowest BCUT2D eigenvalue weighted by atomic mass is 10.1. The Bertz CT molecular complexity index is 512. The molecule has 0 spiro atoms. The van der Waals surface area contributed by atoms with Crippen molar-refractivity contribution in [2.45, 2.75) is 6.42 Å². The highest BCUT2D eigenvalue weighted by molar-refractivity contribution is 5.75. The first kappa shape index (κ1) is 12.8. The minimum absolute atomic E-state index is 0.211. The van der Waals surface area contributed by atoms with E-state index in [9.17, 15) is 18.4 Å². The summed E-state index contributed by atoms with van der Waals surface area (Å²) < 4.78 is 30.7. The molecule has 5 heteroatoms. The van der Waals surface area contributed by atoms with Gasteiger partial charge >= 0.3 is 5.97 Å². The summed E-state index contributed by atoms with van der Waals surface area (Å²) in [4.78, 5) is 21.0. The predicted molar refractivity (Wildman–Crippen MR) is 55.3 cm³/mol. The van der Waals surface area contributed by atoms with Crippen LogP contribution in [0, 0.1) is 23.5 Å². The molecule has 0 radical (unpaired) electrons. The van der Waals surface area contributed by atoms with Crippen LogP contribution in [0.5, 0.6) is 0 Å². The third kappa shape index (κ3) is 3.38. The molecule has 0 aliphatic heterocycles. The van der Waals surface area contributed by atoms with Gasteiger partial charge in [-0.25, -0.2) is 8.78 Å². The zero-order valence-corrected chi connectivity index (χ0v) is 8.92. The molecule has 1 rings (SSSR count). The molecule has 0 aromatic heterocycles. The van der Waals surface area contributed by atoms with Gasteiger partial charge in [-0.2, -0.15) is 0 Å². The third-order valence-electron chi connectivity index (χ3n) is 1.90. The van der Waals surface area contributed by atoms with Crippen LogP contribution >= 0.6 is 0 Å². The summed E-state index contributed by atoms with van der Waals surface area (Å²) in [6.45, 7) is 0. The van der Waals surface area contributed by atoms with Crippen LogP contribution in [0.2, 0.25) is 0 Å². The molecule has 88 valence electrons. The van der Waals surface area contributed by atoms with Gasteiger partial charge in [0.15, 0.2) is 6.29 Å². The predicted octanol–water partition coefficient (Wildman–Crippen LogP) is 1.69. The molecular weight excluding hydrogens is 230 g/mol. The van der Waals surface area contributed by atoms with Gasteiger partial charge in [0.05, 0.1) is 18.2 Å². The van der Waals surface area contributed by atoms with Crippen molar-refractivity contribution in [2.24, 2.45) is 0 Å². The number of esters is 1. The first-order valence-electron chi connectivity index (χ1n) is 4.58. The second kappa shape index (κ2) is 5.75. The van der Waals surface area contributed by atoms with E-state index < -0.39 is 17.6 Å². The van der Waals surface area contributed by atoms with Crippen molar-refractivity contribution in [3.63, 3.8) is 0 Å². The minimum Gasteiger partial charge on any atom is -0.468 e. The molecule has 0 amide bonds. The van der Waals surface area contributed by atoms with E-state index >= 15 is 0 Å². The lowest BCUT2D eigenvalue weighted by Crippen LogP contribution is -1.97. The van der Waals surface area contributed by atoms with Gasteiger partial charge < -0.3 is 4.74 Å². The molecule has 0 aliphatic rings. The maximum Gasteiger partial charge on any atom is 0.317 e. The Kier molecular flexibility index (Phi) is 4.35. The normalized spacial score (nSPS) is 9.12. The van der Waals surface area contributed by atoms with E-state index in [4.69, 9.17) is 0 Å². The topological polar surface area (TPSA) is 43.4 Å². The third-order valence-corrected chi connectivity index (χ3v) is 1.90. The fraction of sp³-hybridized carbons (Fsp3) is 0.167. The monoisotopic (exact) mass is 238 g/mol. The molecule has 0 saturated carbocycles. The Hall–Kier alpha value is -2.22. The van der Waals surface area contributed by atoms with Crippen LogP contribution in [0.25, 0.3) is 0 Å². The zero-order chi connectivity index (χ0) is 12.8. The zero-order valence-electron chi connectivity index (χ0n) is 8.92. The molecule has 0 unspecified atom stereocenters. The molecule has 0 atom stereocenters. The highest BCUT2D eigenvalue weighted by Gasteiger charge is 2.07. The van der Waals surface area contributed by atoms with Crippen LogP contribution < -0.4 is 0 Å². The van der Waals surface area contributed by atoms with E-state index in [1.165, 1.54) is 7.11 Å². The summed E-state index contributed by atoms with van der Waals surface area (Å²) in [5.74, 6) is 2.39. The Labute approximate surface area is 96.4 Å². The number of methoxy groups -OCH3 is 1. The summed E-state index contributed by atoms with van der Waals surface area (Å²) >= 11 is 0. The smallest absolute Gasteiger partial charge is 0.317 e. The molecule has 1 aromatic carbocycles. The largest absolute Gasteiger partial charge is 0.468 e. The van der Waals surface area contributed by atoms with Crippen LogP contribution in [0.15, 0.2) is 12.1 Å². The van der Waals surface area contributed by atoms with Gasteiger partial charge in [0.2, 0.25) is 0 Å². The summed E-state index contributed by atoms with van der Waals surface area (Å²) in [5, 5.41) is 0. The molecule has 17 heavy (non-hydrogen) atoms. The molecule has 0 heterocycles. The number of hydrogen-bond acceptors (Lipinski definition) is 3. The van der Waals surface area contributed by atoms with Gasteiger partial charge in [0.1, 0.15) is 18.1 Å². The fourth-order valence-electron chi connectivity index (χ4n) is 1.03. The molecule has 0 saturated heterocycles. The lowest BCUT2D eigenvalue weighted by molar-refractivity contribution is -0.139. The highest BCUT2D eigenvalue weighted by Crippen LogP contribution is 2.12. The number of hydrogen-bond donors (Lipinski definition) is 0. The van der Waals surface area contributed by atoms with E-state index in [-0.39, 0.29) is 23.8 Å². The summed E-state index contributed by atoms with van der Waals surface area (Å²) in [7, 11) is 1.20. The molecule has 0 bridgehead atoms. The summed E-state index contributed by atoms with van der Waals surface area (Å²) in [6, 6.07) is 1.56. The molecule has 0 aliphatic carbocycles. The van der Waals surface area contributed by atoms with Crippen LogP contribution in [0.1, 0.15) is 22.3 Å². The standard InChI is InChI=1S/C12H8F2O3/c1-17-12(16)4-2-3-8-5-11(14)9(7-15)6-10(8)13/h5-7H,4H2,1H3. The number of aldehydes is 1.